The van der Waals surface area contributed by atoms with Gasteiger partial charge in [0.2, 0.25) is 0 Å². The summed E-state index contributed by atoms with van der Waals surface area (Å²) < 4.78 is 15.2. The number of hydrogen-bond acceptors (Lipinski definition) is 4. The maximum absolute atomic E-state index is 6.45. The summed E-state index contributed by atoms with van der Waals surface area (Å²) in [5, 5.41) is 2.48. The van der Waals surface area contributed by atoms with Crippen molar-refractivity contribution in [3.05, 3.63) is 212 Å². The average Bonchev–Trinajstić information content (AvgIpc) is 3.64. The molecule has 1 unspecified atom stereocenters. The number of anilines is 5. The first-order valence-electron chi connectivity index (χ1n) is 20.2. The van der Waals surface area contributed by atoms with Gasteiger partial charge in [-0.15, -0.1) is 0 Å². The van der Waals surface area contributed by atoms with E-state index in [1.807, 2.05) is 30.3 Å². The van der Waals surface area contributed by atoms with Gasteiger partial charge in [-0.25, -0.2) is 0 Å². The Bertz CT molecular complexity index is 3060. The number of hydrogen-bond donors (Lipinski definition) is 0. The van der Waals surface area contributed by atoms with E-state index < -0.39 is 0 Å². The van der Waals surface area contributed by atoms with Gasteiger partial charge in [-0.05, 0) is 119 Å². The highest BCUT2D eigenvalue weighted by atomic mass is 16.5. The van der Waals surface area contributed by atoms with Gasteiger partial charge in [-0.3, -0.25) is 0 Å². The zero-order valence-corrected chi connectivity index (χ0v) is 32.1. The number of ether oxygens (including phenoxy) is 2. The molecule has 2 aliphatic heterocycles. The first-order chi connectivity index (χ1) is 29.2. The highest BCUT2D eigenvalue weighted by molar-refractivity contribution is 6.09. The molecule has 0 spiro atoms. The van der Waals surface area contributed by atoms with E-state index in [1.165, 1.54) is 21.8 Å². The summed E-state index contributed by atoms with van der Waals surface area (Å²) in [6.45, 7) is 0. The maximum Gasteiger partial charge on any atom is 0.151 e. The number of benzene rings is 8. The van der Waals surface area contributed by atoms with Crippen LogP contribution in [-0.2, 0) is 0 Å². The average molecular weight is 760 g/mol. The van der Waals surface area contributed by atoms with Crippen LogP contribution in [0.1, 0.15) is 6.42 Å². The van der Waals surface area contributed by atoms with Gasteiger partial charge in [0.05, 0.1) is 33.8 Å². The second-order valence-electron chi connectivity index (χ2n) is 15.3. The molecule has 0 amide bonds. The molecule has 0 fully saturated rings. The van der Waals surface area contributed by atoms with Gasteiger partial charge < -0.3 is 23.8 Å². The number of fused-ring (bicyclic) bond motifs is 7. The van der Waals surface area contributed by atoms with E-state index >= 15 is 0 Å². The van der Waals surface area contributed by atoms with Crippen molar-refractivity contribution in [1.29, 1.82) is 0 Å². The predicted molar refractivity (Wildman–Crippen MR) is 241 cm³/mol. The van der Waals surface area contributed by atoms with Crippen LogP contribution in [0.2, 0.25) is 0 Å². The zero-order valence-electron chi connectivity index (χ0n) is 32.1. The van der Waals surface area contributed by atoms with Gasteiger partial charge in [0.1, 0.15) is 11.9 Å². The minimum absolute atomic E-state index is 0.0147. The van der Waals surface area contributed by atoms with Gasteiger partial charge in [0, 0.05) is 34.3 Å². The van der Waals surface area contributed by atoms with Crippen LogP contribution < -0.4 is 19.3 Å². The van der Waals surface area contributed by atoms with Gasteiger partial charge in [0.15, 0.2) is 11.5 Å². The molecule has 59 heavy (non-hydrogen) atoms. The lowest BCUT2D eigenvalue weighted by Crippen LogP contribution is -2.35. The Morgan fingerprint density at radius 1 is 0.424 bits per heavy atom. The minimum atomic E-state index is -0.0147. The topological polar surface area (TPSA) is 29.9 Å². The third kappa shape index (κ3) is 5.47. The van der Waals surface area contributed by atoms with Crippen molar-refractivity contribution in [2.45, 2.75) is 12.5 Å². The molecule has 3 aliphatic rings. The number of nitrogens with zero attached hydrogens (tertiary/aromatic N) is 3. The molecule has 1 aliphatic carbocycles. The van der Waals surface area contributed by atoms with Crippen molar-refractivity contribution >= 4 is 50.2 Å². The molecule has 280 valence electrons. The standard InChI is InChI=1S/C54H37N3O2/c1-3-15-45-43(13-1)44-14-2-4-16-46(44)57(45)42-34-38(36-25-29-40(30-26-36)55-47-17-5-9-21-51(47)58-52-22-10-6-18-48(52)55)33-39(35-42)37-27-31-41(32-28-37)56-49-19-7-11-23-53(49)59-54-24-12-8-20-50(54)56/h1-23,25-35,54H,24H2. The highest BCUT2D eigenvalue weighted by Crippen LogP contribution is 2.50. The van der Waals surface area contributed by atoms with Crippen molar-refractivity contribution in [3.8, 4) is 45.2 Å². The fourth-order valence-corrected chi connectivity index (χ4v) is 9.11. The van der Waals surface area contributed by atoms with Gasteiger partial charge in [0.25, 0.3) is 0 Å². The van der Waals surface area contributed by atoms with Crippen molar-refractivity contribution in [2.24, 2.45) is 0 Å². The van der Waals surface area contributed by atoms with Gasteiger partial charge >= 0.3 is 0 Å². The molecule has 1 aromatic heterocycles. The summed E-state index contributed by atoms with van der Waals surface area (Å²) in [5.74, 6) is 2.59. The molecule has 0 N–H and O–H groups in total. The molecule has 12 rings (SSSR count). The van der Waals surface area contributed by atoms with Gasteiger partial charge in [-0.1, -0.05) is 109 Å². The first-order valence-corrected chi connectivity index (χ1v) is 20.2. The summed E-state index contributed by atoms with van der Waals surface area (Å²) in [6.07, 6.45) is 7.33. The maximum atomic E-state index is 6.45. The predicted octanol–water partition coefficient (Wildman–Crippen LogP) is 14.4. The lowest BCUT2D eigenvalue weighted by atomic mass is 9.96. The normalized spacial score (nSPS) is 15.1. The Balaban J connectivity index is 0.992. The molecule has 5 nitrogen and oxygen atoms in total. The van der Waals surface area contributed by atoms with Crippen LogP contribution in [-0.4, -0.2) is 10.7 Å². The first kappa shape index (κ1) is 33.4. The fraction of sp³-hybridized carbons (Fsp3) is 0.0370. The molecule has 0 saturated carbocycles. The Morgan fingerprint density at radius 2 is 0.915 bits per heavy atom. The minimum Gasteiger partial charge on any atom is -0.482 e. The zero-order chi connectivity index (χ0) is 38.9. The van der Waals surface area contributed by atoms with Gasteiger partial charge in [-0.2, -0.15) is 0 Å². The van der Waals surface area contributed by atoms with Crippen LogP contribution in [0.3, 0.4) is 0 Å². The third-order valence-corrected chi connectivity index (χ3v) is 11.8. The van der Waals surface area contributed by atoms with E-state index in [0.717, 1.165) is 85.7 Å². The second-order valence-corrected chi connectivity index (χ2v) is 15.3. The summed E-state index contributed by atoms with van der Waals surface area (Å²) >= 11 is 0. The van der Waals surface area contributed by atoms with Crippen LogP contribution in [0, 0.1) is 0 Å². The van der Waals surface area contributed by atoms with E-state index in [9.17, 15) is 0 Å². The lowest BCUT2D eigenvalue weighted by Gasteiger charge is -2.39. The van der Waals surface area contributed by atoms with E-state index in [0.29, 0.717) is 0 Å². The summed E-state index contributed by atoms with van der Waals surface area (Å²) in [5.41, 5.74) is 14.5. The monoisotopic (exact) mass is 759 g/mol. The molecule has 1 atom stereocenters. The lowest BCUT2D eigenvalue weighted by molar-refractivity contribution is 0.228. The number of allylic oxidation sites excluding steroid dienone is 2. The number of rotatable bonds is 5. The summed E-state index contributed by atoms with van der Waals surface area (Å²) in [6, 6.07) is 67.1. The molecule has 5 heteroatoms. The van der Waals surface area contributed by atoms with Crippen molar-refractivity contribution in [3.63, 3.8) is 0 Å². The molecule has 9 aromatic rings. The second kappa shape index (κ2) is 13.4. The summed E-state index contributed by atoms with van der Waals surface area (Å²) in [4.78, 5) is 4.64. The molecular formula is C54H37N3O2. The third-order valence-electron chi connectivity index (χ3n) is 11.8. The van der Waals surface area contributed by atoms with E-state index in [1.54, 1.807) is 0 Å². The summed E-state index contributed by atoms with van der Waals surface area (Å²) in [7, 11) is 0. The molecule has 0 saturated heterocycles. The van der Waals surface area contributed by atoms with Crippen LogP contribution in [0.15, 0.2) is 212 Å². The van der Waals surface area contributed by atoms with Crippen molar-refractivity contribution in [1.82, 2.24) is 4.57 Å². The molecule has 0 radical (unpaired) electrons. The highest BCUT2D eigenvalue weighted by Gasteiger charge is 2.32. The quantitative estimate of drug-likeness (QED) is 0.175. The Labute approximate surface area is 342 Å². The van der Waals surface area contributed by atoms with E-state index in [2.05, 4.69) is 190 Å². The molecule has 0 bridgehead atoms. The smallest absolute Gasteiger partial charge is 0.151 e. The molecule has 3 heterocycles. The van der Waals surface area contributed by atoms with Crippen LogP contribution >= 0.6 is 0 Å². The fourth-order valence-electron chi connectivity index (χ4n) is 9.11. The Kier molecular flexibility index (Phi) is 7.60. The SMILES string of the molecule is C1=CCC2Oc3ccccc3N(c3ccc(-c4cc(-c5ccc(N6c7ccccc7Oc7ccccc76)cc5)cc(-n5c6ccccc6c6ccccc65)c4)cc3)C2=C1. The van der Waals surface area contributed by atoms with Crippen LogP contribution in [0.4, 0.5) is 28.4 Å². The Morgan fingerprint density at radius 3 is 1.51 bits per heavy atom. The number of aromatic nitrogens is 1. The van der Waals surface area contributed by atoms with Crippen molar-refractivity contribution in [2.75, 3.05) is 9.80 Å². The van der Waals surface area contributed by atoms with Crippen LogP contribution in [0.25, 0.3) is 49.7 Å². The largest absolute Gasteiger partial charge is 0.482 e. The van der Waals surface area contributed by atoms with E-state index in [4.69, 9.17) is 9.47 Å². The Hall–Kier alpha value is -7.76. The molecular weight excluding hydrogens is 723 g/mol. The van der Waals surface area contributed by atoms with Crippen LogP contribution in [0.5, 0.6) is 17.2 Å². The number of para-hydroxylation sites is 8. The molecule has 8 aromatic carbocycles. The van der Waals surface area contributed by atoms with Crippen molar-refractivity contribution < 1.29 is 9.47 Å². The van der Waals surface area contributed by atoms with E-state index in [-0.39, 0.29) is 6.10 Å².